The fourth-order valence-corrected chi connectivity index (χ4v) is 3.33. The highest BCUT2D eigenvalue weighted by Crippen LogP contribution is 2.51. The number of benzene rings is 2. The second-order valence-electron chi connectivity index (χ2n) is 4.98. The van der Waals surface area contributed by atoms with Crippen molar-refractivity contribution in [3.63, 3.8) is 0 Å². The third-order valence-corrected chi connectivity index (χ3v) is 4.45. The standard InChI is InChI=1S/C15H10BrClN2O2/c16-8-1-3-12-10(5-8)15(7-20-14(18)19-15)11-6-9(17)2-4-13(11)21-12/h1-6H,7H2,(H2,18,19)/t15-/m1/s1. The number of aliphatic imine (C=N–C) groups is 1. The molecular formula is C15H10BrClN2O2. The van der Waals surface area contributed by atoms with E-state index in [1.807, 2.05) is 30.3 Å². The summed E-state index contributed by atoms with van der Waals surface area (Å²) in [5, 5.41) is 0.621. The zero-order chi connectivity index (χ0) is 14.6. The van der Waals surface area contributed by atoms with Crippen LogP contribution in [0.4, 0.5) is 0 Å². The number of nitrogens with zero attached hydrogens (tertiary/aromatic N) is 1. The topological polar surface area (TPSA) is 56.8 Å². The summed E-state index contributed by atoms with van der Waals surface area (Å²) in [5.41, 5.74) is 6.84. The van der Waals surface area contributed by atoms with Gasteiger partial charge in [0.1, 0.15) is 18.1 Å². The van der Waals surface area contributed by atoms with E-state index in [2.05, 4.69) is 20.9 Å². The molecule has 1 atom stereocenters. The van der Waals surface area contributed by atoms with E-state index in [9.17, 15) is 0 Å². The Bertz CT molecular complexity index is 740. The Morgan fingerprint density at radius 1 is 1.14 bits per heavy atom. The van der Waals surface area contributed by atoms with Gasteiger partial charge in [-0.05, 0) is 36.4 Å². The maximum atomic E-state index is 6.15. The van der Waals surface area contributed by atoms with Gasteiger partial charge in [0.25, 0.3) is 6.02 Å². The van der Waals surface area contributed by atoms with Crippen LogP contribution in [-0.4, -0.2) is 12.6 Å². The lowest BCUT2D eigenvalue weighted by Gasteiger charge is -2.33. The van der Waals surface area contributed by atoms with Crippen molar-refractivity contribution in [2.45, 2.75) is 5.54 Å². The molecule has 2 aliphatic heterocycles. The summed E-state index contributed by atoms with van der Waals surface area (Å²) in [5.74, 6) is 1.46. The fourth-order valence-electron chi connectivity index (χ4n) is 2.80. The molecule has 0 saturated heterocycles. The van der Waals surface area contributed by atoms with Crippen molar-refractivity contribution in [1.82, 2.24) is 0 Å². The number of halogens is 2. The predicted molar refractivity (Wildman–Crippen MR) is 84.0 cm³/mol. The second-order valence-corrected chi connectivity index (χ2v) is 6.33. The lowest BCUT2D eigenvalue weighted by Crippen LogP contribution is -2.31. The molecule has 106 valence electrons. The summed E-state index contributed by atoms with van der Waals surface area (Å²) in [6.07, 6.45) is 0. The average molecular weight is 366 g/mol. The summed E-state index contributed by atoms with van der Waals surface area (Å²) in [6.45, 7) is 0.332. The molecule has 4 rings (SSSR count). The molecule has 2 aliphatic rings. The number of rotatable bonds is 0. The minimum atomic E-state index is -0.707. The maximum absolute atomic E-state index is 6.15. The molecule has 1 spiro atoms. The first-order chi connectivity index (χ1) is 10.1. The molecule has 0 bridgehead atoms. The normalized spacial score (nSPS) is 22.1. The van der Waals surface area contributed by atoms with Gasteiger partial charge in [0.15, 0.2) is 5.54 Å². The van der Waals surface area contributed by atoms with Gasteiger partial charge in [-0.25, -0.2) is 4.99 Å². The summed E-state index contributed by atoms with van der Waals surface area (Å²) in [4.78, 5) is 4.56. The van der Waals surface area contributed by atoms with Gasteiger partial charge in [-0.15, -0.1) is 0 Å². The van der Waals surface area contributed by atoms with E-state index in [1.165, 1.54) is 0 Å². The minimum Gasteiger partial charge on any atom is -0.462 e. The Balaban J connectivity index is 2.05. The molecule has 2 aromatic rings. The molecule has 6 heteroatoms. The molecule has 0 fully saturated rings. The predicted octanol–water partition coefficient (Wildman–Crippen LogP) is 3.80. The fraction of sp³-hybridized carbons (Fsp3) is 0.133. The quantitative estimate of drug-likeness (QED) is 0.772. The maximum Gasteiger partial charge on any atom is 0.283 e. The molecule has 2 heterocycles. The van der Waals surface area contributed by atoms with Crippen LogP contribution in [0, 0.1) is 0 Å². The molecule has 0 radical (unpaired) electrons. The highest BCUT2D eigenvalue weighted by Gasteiger charge is 2.47. The second kappa shape index (κ2) is 4.39. The monoisotopic (exact) mass is 364 g/mol. The van der Waals surface area contributed by atoms with Crippen LogP contribution in [0.1, 0.15) is 11.1 Å². The molecule has 0 saturated carbocycles. The molecule has 0 unspecified atom stereocenters. The summed E-state index contributed by atoms with van der Waals surface area (Å²) in [7, 11) is 0. The Kier molecular flexibility index (Phi) is 2.71. The van der Waals surface area contributed by atoms with Crippen molar-refractivity contribution in [1.29, 1.82) is 0 Å². The largest absolute Gasteiger partial charge is 0.462 e. The Hall–Kier alpha value is -1.72. The van der Waals surface area contributed by atoms with Gasteiger partial charge in [-0.1, -0.05) is 27.5 Å². The van der Waals surface area contributed by atoms with Gasteiger partial charge in [0.2, 0.25) is 0 Å². The van der Waals surface area contributed by atoms with Crippen LogP contribution in [-0.2, 0) is 10.3 Å². The molecule has 4 nitrogen and oxygen atoms in total. The third kappa shape index (κ3) is 1.84. The van der Waals surface area contributed by atoms with E-state index in [1.54, 1.807) is 6.07 Å². The van der Waals surface area contributed by atoms with E-state index >= 15 is 0 Å². The van der Waals surface area contributed by atoms with E-state index in [0.717, 1.165) is 27.1 Å². The zero-order valence-electron chi connectivity index (χ0n) is 10.8. The molecule has 0 aromatic heterocycles. The van der Waals surface area contributed by atoms with E-state index in [4.69, 9.17) is 26.8 Å². The van der Waals surface area contributed by atoms with Crippen LogP contribution < -0.4 is 10.5 Å². The summed E-state index contributed by atoms with van der Waals surface area (Å²) in [6, 6.07) is 11.5. The number of nitrogens with two attached hydrogens (primary N) is 1. The average Bonchev–Trinajstić information content (AvgIpc) is 2.84. The minimum absolute atomic E-state index is 0.175. The smallest absolute Gasteiger partial charge is 0.283 e. The van der Waals surface area contributed by atoms with Crippen molar-refractivity contribution in [3.05, 3.63) is 57.0 Å². The molecule has 0 amide bonds. The SMILES string of the molecule is NC1=N[C@@]2(CO1)c1cc(Cl)ccc1Oc1ccc(Br)cc12. The number of amidine groups is 1. The first-order valence-corrected chi connectivity index (χ1v) is 7.52. The lowest BCUT2D eigenvalue weighted by molar-refractivity contribution is 0.264. The van der Waals surface area contributed by atoms with Crippen LogP contribution >= 0.6 is 27.5 Å². The van der Waals surface area contributed by atoms with Crippen LogP contribution in [0.5, 0.6) is 11.5 Å². The first-order valence-electron chi connectivity index (χ1n) is 6.34. The van der Waals surface area contributed by atoms with Crippen molar-refractivity contribution in [3.8, 4) is 11.5 Å². The molecule has 2 N–H and O–H groups in total. The van der Waals surface area contributed by atoms with Crippen molar-refractivity contribution in [2.24, 2.45) is 10.7 Å². The summed E-state index contributed by atoms with van der Waals surface area (Å²) < 4.78 is 12.4. The Morgan fingerprint density at radius 2 is 1.86 bits per heavy atom. The van der Waals surface area contributed by atoms with Crippen LogP contribution in [0.25, 0.3) is 0 Å². The van der Waals surface area contributed by atoms with E-state index in [0.29, 0.717) is 11.6 Å². The van der Waals surface area contributed by atoms with Gasteiger partial charge in [-0.2, -0.15) is 0 Å². The van der Waals surface area contributed by atoms with Gasteiger partial charge in [-0.3, -0.25) is 0 Å². The van der Waals surface area contributed by atoms with Crippen LogP contribution in [0.2, 0.25) is 5.02 Å². The Morgan fingerprint density at radius 3 is 2.57 bits per heavy atom. The number of ether oxygens (including phenoxy) is 2. The highest BCUT2D eigenvalue weighted by molar-refractivity contribution is 9.10. The van der Waals surface area contributed by atoms with Crippen LogP contribution in [0.3, 0.4) is 0 Å². The first kappa shape index (κ1) is 13.0. The van der Waals surface area contributed by atoms with E-state index < -0.39 is 5.54 Å². The lowest BCUT2D eigenvalue weighted by atomic mass is 9.81. The molecular weight excluding hydrogens is 356 g/mol. The summed E-state index contributed by atoms with van der Waals surface area (Å²) >= 11 is 9.64. The number of fused-ring (bicyclic) bond motifs is 4. The Labute approximate surface area is 134 Å². The zero-order valence-corrected chi connectivity index (χ0v) is 13.1. The van der Waals surface area contributed by atoms with Crippen molar-refractivity contribution >= 4 is 33.6 Å². The molecule has 0 aliphatic carbocycles. The van der Waals surface area contributed by atoms with Crippen molar-refractivity contribution in [2.75, 3.05) is 6.61 Å². The van der Waals surface area contributed by atoms with Crippen LogP contribution in [0.15, 0.2) is 45.9 Å². The molecule has 2 aromatic carbocycles. The number of hydrogen-bond acceptors (Lipinski definition) is 4. The third-order valence-electron chi connectivity index (χ3n) is 3.72. The van der Waals surface area contributed by atoms with Crippen molar-refractivity contribution < 1.29 is 9.47 Å². The highest BCUT2D eigenvalue weighted by atomic mass is 79.9. The van der Waals surface area contributed by atoms with E-state index in [-0.39, 0.29) is 6.02 Å². The molecule has 21 heavy (non-hydrogen) atoms. The van der Waals surface area contributed by atoms with Gasteiger partial charge in [0.05, 0.1) is 0 Å². The van der Waals surface area contributed by atoms with Gasteiger partial charge >= 0.3 is 0 Å². The van der Waals surface area contributed by atoms with Gasteiger partial charge in [0, 0.05) is 20.6 Å². The number of hydrogen-bond donors (Lipinski definition) is 1. The van der Waals surface area contributed by atoms with Gasteiger partial charge < -0.3 is 15.2 Å².